The molecule has 2 aromatic carbocycles. The summed E-state index contributed by atoms with van der Waals surface area (Å²) in [6.45, 7) is 10.00. The van der Waals surface area contributed by atoms with Gasteiger partial charge in [0, 0.05) is 30.5 Å². The number of aromatic nitrogens is 2. The molecule has 1 aliphatic rings. The third-order valence-electron chi connectivity index (χ3n) is 7.60. The second-order valence-electron chi connectivity index (χ2n) is 10.6. The van der Waals surface area contributed by atoms with Crippen molar-refractivity contribution in [1.29, 1.82) is 0 Å². The van der Waals surface area contributed by atoms with E-state index in [1.807, 2.05) is 55.5 Å². The molecule has 0 spiro atoms. The van der Waals surface area contributed by atoms with E-state index >= 15 is 0 Å². The predicted octanol–water partition coefficient (Wildman–Crippen LogP) is 4.63. The van der Waals surface area contributed by atoms with E-state index < -0.39 is 11.2 Å². The van der Waals surface area contributed by atoms with Gasteiger partial charge < -0.3 is 15.1 Å². The summed E-state index contributed by atoms with van der Waals surface area (Å²) in [5.41, 5.74) is 1.70. The van der Waals surface area contributed by atoms with Crippen molar-refractivity contribution in [1.82, 2.24) is 15.1 Å². The van der Waals surface area contributed by atoms with Gasteiger partial charge in [-0.2, -0.15) is 10.2 Å². The molecular weight excluding hydrogens is 422 g/mol. The summed E-state index contributed by atoms with van der Waals surface area (Å²) >= 11 is 0. The highest BCUT2D eigenvalue weighted by molar-refractivity contribution is 5.41. The van der Waals surface area contributed by atoms with Gasteiger partial charge in [0.05, 0.1) is 17.5 Å². The number of benzene rings is 2. The van der Waals surface area contributed by atoms with Crippen LogP contribution >= 0.6 is 0 Å². The van der Waals surface area contributed by atoms with Crippen LogP contribution in [0.3, 0.4) is 0 Å². The Hall–Kier alpha value is -2.60. The zero-order valence-corrected chi connectivity index (χ0v) is 21.0. The van der Waals surface area contributed by atoms with Gasteiger partial charge in [0.25, 0.3) is 0 Å². The minimum absolute atomic E-state index is 0.327. The molecule has 0 saturated carbocycles. The van der Waals surface area contributed by atoms with E-state index in [0.717, 1.165) is 29.8 Å². The first-order valence-electron chi connectivity index (χ1n) is 12.2. The lowest BCUT2D eigenvalue weighted by Crippen LogP contribution is -2.63. The van der Waals surface area contributed by atoms with Gasteiger partial charge in [-0.25, -0.2) is 0 Å². The van der Waals surface area contributed by atoms with E-state index in [2.05, 4.69) is 55.0 Å². The molecule has 0 aliphatic carbocycles. The summed E-state index contributed by atoms with van der Waals surface area (Å²) in [6, 6.07) is 19.9. The molecule has 0 amide bonds. The Bertz CT molecular complexity index is 1110. The monoisotopic (exact) mass is 459 g/mol. The molecule has 2 atom stereocenters. The lowest BCUT2D eigenvalue weighted by atomic mass is 9.62. The first kappa shape index (κ1) is 24.5. The Labute approximate surface area is 203 Å². The van der Waals surface area contributed by atoms with E-state index in [1.165, 1.54) is 5.56 Å². The van der Waals surface area contributed by atoms with E-state index in [0.29, 0.717) is 24.5 Å². The summed E-state index contributed by atoms with van der Waals surface area (Å²) in [6.07, 6.45) is 2.55. The molecule has 2 N–H and O–H groups in total. The quantitative estimate of drug-likeness (QED) is 0.514. The molecule has 5 heteroatoms. The fraction of sp³-hybridized carbons (Fsp3) is 0.448. The molecule has 1 unspecified atom stereocenters. The molecule has 34 heavy (non-hydrogen) atoms. The van der Waals surface area contributed by atoms with Crippen molar-refractivity contribution in [3.63, 3.8) is 0 Å². The molecule has 1 saturated heterocycles. The van der Waals surface area contributed by atoms with Crippen LogP contribution in [-0.4, -0.2) is 45.4 Å². The Kier molecular flexibility index (Phi) is 6.65. The molecule has 1 aromatic heterocycles. The van der Waals surface area contributed by atoms with Crippen molar-refractivity contribution < 1.29 is 10.2 Å². The highest BCUT2D eigenvalue weighted by atomic mass is 16.3. The van der Waals surface area contributed by atoms with Crippen LogP contribution in [0.25, 0.3) is 0 Å². The minimum Gasteiger partial charge on any atom is -0.385 e. The van der Waals surface area contributed by atoms with Gasteiger partial charge >= 0.3 is 0 Å². The van der Waals surface area contributed by atoms with Crippen molar-refractivity contribution >= 4 is 0 Å². The molecule has 4 rings (SSSR count). The molecular formula is C29H37N3O2. The molecule has 3 aromatic rings. The summed E-state index contributed by atoms with van der Waals surface area (Å²) in [5, 5.41) is 32.5. The number of likely N-dealkylation sites (tertiary alicyclic amines) is 1. The molecule has 0 radical (unpaired) electrons. The zero-order valence-electron chi connectivity index (χ0n) is 21.0. The van der Waals surface area contributed by atoms with Crippen LogP contribution < -0.4 is 0 Å². The molecule has 180 valence electrons. The molecule has 0 bridgehead atoms. The van der Waals surface area contributed by atoms with E-state index in [-0.39, 0.29) is 5.41 Å². The molecule has 1 aliphatic heterocycles. The Morgan fingerprint density at radius 3 is 2.18 bits per heavy atom. The van der Waals surface area contributed by atoms with Crippen LogP contribution in [0.2, 0.25) is 0 Å². The largest absolute Gasteiger partial charge is 0.385 e. The highest BCUT2D eigenvalue weighted by Crippen LogP contribution is 2.50. The van der Waals surface area contributed by atoms with Gasteiger partial charge in [-0.05, 0) is 42.1 Å². The maximum atomic E-state index is 12.4. The average molecular weight is 460 g/mol. The van der Waals surface area contributed by atoms with Crippen molar-refractivity contribution in [2.75, 3.05) is 20.1 Å². The SMILES string of the molecule is CCC(O)(Cc1cc([C@@](O)(c2ccc(C(C)C)cc2)C2(C)CN(C)C2)cnn1)c1ccccc1. The second-order valence-corrected chi connectivity index (χ2v) is 10.6. The van der Waals surface area contributed by atoms with Crippen molar-refractivity contribution in [3.8, 4) is 0 Å². The zero-order chi connectivity index (χ0) is 24.6. The first-order valence-corrected chi connectivity index (χ1v) is 12.2. The normalized spacial score (nSPS) is 19.3. The molecule has 2 heterocycles. The van der Waals surface area contributed by atoms with Crippen molar-refractivity contribution in [2.24, 2.45) is 5.41 Å². The van der Waals surface area contributed by atoms with Crippen LogP contribution in [0.4, 0.5) is 0 Å². The van der Waals surface area contributed by atoms with Gasteiger partial charge in [-0.1, -0.05) is 82.3 Å². The van der Waals surface area contributed by atoms with E-state index in [1.54, 1.807) is 6.20 Å². The molecule has 5 nitrogen and oxygen atoms in total. The topological polar surface area (TPSA) is 69.5 Å². The first-order chi connectivity index (χ1) is 16.1. The maximum absolute atomic E-state index is 12.4. The van der Waals surface area contributed by atoms with Gasteiger partial charge in [0.15, 0.2) is 0 Å². The van der Waals surface area contributed by atoms with Gasteiger partial charge in [0.1, 0.15) is 5.60 Å². The Morgan fingerprint density at radius 1 is 0.971 bits per heavy atom. The van der Waals surface area contributed by atoms with Gasteiger partial charge in [-0.3, -0.25) is 0 Å². The minimum atomic E-state index is -1.23. The Balaban J connectivity index is 1.75. The van der Waals surface area contributed by atoms with Crippen LogP contribution in [-0.2, 0) is 17.6 Å². The summed E-state index contributed by atoms with van der Waals surface area (Å²) in [5.74, 6) is 0.423. The standard InChI is InChI=1S/C29H37N3O2/c1-6-28(33,23-10-8-7-9-11-23)17-26-16-25(18-30-31-26)29(34,27(4)19-32(5)20-27)24-14-12-22(13-15-24)21(2)3/h7-16,18,21,33-34H,6,17,19-20H2,1-5H3/t28?,29-/m0/s1. The summed E-state index contributed by atoms with van der Waals surface area (Å²) in [4.78, 5) is 2.22. The fourth-order valence-corrected chi connectivity index (χ4v) is 5.52. The van der Waals surface area contributed by atoms with Crippen LogP contribution in [0.5, 0.6) is 0 Å². The second kappa shape index (κ2) is 9.21. The lowest BCUT2D eigenvalue weighted by molar-refractivity contribution is -0.127. The van der Waals surface area contributed by atoms with Crippen LogP contribution in [0, 0.1) is 5.41 Å². The number of hydrogen-bond acceptors (Lipinski definition) is 5. The van der Waals surface area contributed by atoms with Gasteiger partial charge in [-0.15, -0.1) is 0 Å². The predicted molar refractivity (Wildman–Crippen MR) is 135 cm³/mol. The molecule has 1 fully saturated rings. The fourth-order valence-electron chi connectivity index (χ4n) is 5.52. The summed E-state index contributed by atoms with van der Waals surface area (Å²) < 4.78 is 0. The summed E-state index contributed by atoms with van der Waals surface area (Å²) in [7, 11) is 2.07. The average Bonchev–Trinajstić information content (AvgIpc) is 2.83. The number of nitrogens with zero attached hydrogens (tertiary/aromatic N) is 3. The van der Waals surface area contributed by atoms with E-state index in [4.69, 9.17) is 0 Å². The van der Waals surface area contributed by atoms with Crippen LogP contribution in [0.15, 0.2) is 66.9 Å². The van der Waals surface area contributed by atoms with E-state index in [9.17, 15) is 10.2 Å². The van der Waals surface area contributed by atoms with Crippen molar-refractivity contribution in [3.05, 3.63) is 94.8 Å². The van der Waals surface area contributed by atoms with Gasteiger partial charge in [0.2, 0.25) is 0 Å². The van der Waals surface area contributed by atoms with Crippen LogP contribution in [0.1, 0.15) is 68.0 Å². The number of hydrogen-bond donors (Lipinski definition) is 2. The third-order valence-corrected chi connectivity index (χ3v) is 7.60. The lowest BCUT2D eigenvalue weighted by Gasteiger charge is -2.55. The number of aliphatic hydroxyl groups is 2. The highest BCUT2D eigenvalue weighted by Gasteiger charge is 2.55. The third kappa shape index (κ3) is 4.28. The Morgan fingerprint density at radius 2 is 1.62 bits per heavy atom. The number of rotatable bonds is 8. The maximum Gasteiger partial charge on any atom is 0.124 e. The van der Waals surface area contributed by atoms with Crippen molar-refractivity contribution in [2.45, 2.75) is 57.7 Å². The smallest absolute Gasteiger partial charge is 0.124 e.